The second-order valence-electron chi connectivity index (χ2n) is 4.64. The molecule has 2 rings (SSSR count). The van der Waals surface area contributed by atoms with Crippen molar-refractivity contribution in [2.45, 2.75) is 13.0 Å². The summed E-state index contributed by atoms with van der Waals surface area (Å²) in [5, 5.41) is 3.41. The van der Waals surface area contributed by atoms with Crippen LogP contribution in [0.5, 0.6) is 0 Å². The molecular formula is C16H17BrFNO. The third kappa shape index (κ3) is 3.58. The maximum Gasteiger partial charge on any atom is 0.137 e. The van der Waals surface area contributed by atoms with Gasteiger partial charge in [-0.3, -0.25) is 0 Å². The minimum Gasteiger partial charge on any atom is -0.382 e. The van der Waals surface area contributed by atoms with Crippen molar-refractivity contribution < 1.29 is 9.13 Å². The second kappa shape index (κ2) is 6.86. The Bertz CT molecular complexity index is 574. The van der Waals surface area contributed by atoms with Gasteiger partial charge in [0.05, 0.1) is 17.1 Å². The fourth-order valence-electron chi connectivity index (χ4n) is 2.06. The Morgan fingerprint density at radius 2 is 1.95 bits per heavy atom. The van der Waals surface area contributed by atoms with Crippen molar-refractivity contribution in [1.82, 2.24) is 0 Å². The van der Waals surface area contributed by atoms with E-state index >= 15 is 0 Å². The molecule has 0 saturated heterocycles. The molecule has 106 valence electrons. The van der Waals surface area contributed by atoms with Crippen molar-refractivity contribution in [3.63, 3.8) is 0 Å². The molecule has 2 aromatic carbocycles. The molecule has 0 aliphatic heterocycles. The molecule has 20 heavy (non-hydrogen) atoms. The molecule has 1 unspecified atom stereocenters. The van der Waals surface area contributed by atoms with Crippen LogP contribution in [0.15, 0.2) is 46.9 Å². The average Bonchev–Trinajstić information content (AvgIpc) is 2.45. The van der Waals surface area contributed by atoms with Crippen molar-refractivity contribution in [3.8, 4) is 0 Å². The van der Waals surface area contributed by atoms with Gasteiger partial charge in [-0.2, -0.15) is 0 Å². The lowest BCUT2D eigenvalue weighted by molar-refractivity contribution is 0.186. The zero-order valence-electron chi connectivity index (χ0n) is 11.5. The van der Waals surface area contributed by atoms with Crippen molar-refractivity contribution in [2.75, 3.05) is 19.0 Å². The van der Waals surface area contributed by atoms with Crippen LogP contribution in [0.25, 0.3) is 0 Å². The number of aryl methyl sites for hydroxylation is 1. The fourth-order valence-corrected chi connectivity index (χ4v) is 2.41. The minimum atomic E-state index is -0.254. The van der Waals surface area contributed by atoms with Gasteiger partial charge in [-0.25, -0.2) is 4.39 Å². The van der Waals surface area contributed by atoms with Crippen molar-refractivity contribution in [1.29, 1.82) is 0 Å². The Morgan fingerprint density at radius 3 is 2.60 bits per heavy atom. The first-order valence-electron chi connectivity index (χ1n) is 6.38. The number of ether oxygens (including phenoxy) is 1. The molecule has 0 amide bonds. The molecule has 2 nitrogen and oxygen atoms in total. The summed E-state index contributed by atoms with van der Waals surface area (Å²) in [4.78, 5) is 0. The first-order valence-corrected chi connectivity index (χ1v) is 7.17. The van der Waals surface area contributed by atoms with E-state index in [1.165, 1.54) is 6.07 Å². The first-order chi connectivity index (χ1) is 9.61. The van der Waals surface area contributed by atoms with Crippen LogP contribution in [0.4, 0.5) is 10.1 Å². The molecule has 0 aliphatic rings. The Hall–Kier alpha value is -1.39. The van der Waals surface area contributed by atoms with Crippen LogP contribution < -0.4 is 5.32 Å². The zero-order valence-corrected chi connectivity index (χ0v) is 13.1. The summed E-state index contributed by atoms with van der Waals surface area (Å²) in [6, 6.07) is 13.4. The molecule has 0 aliphatic carbocycles. The highest BCUT2D eigenvalue weighted by atomic mass is 79.9. The topological polar surface area (TPSA) is 21.3 Å². The predicted octanol–water partition coefficient (Wildman–Crippen LogP) is 4.70. The van der Waals surface area contributed by atoms with Gasteiger partial charge in [-0.05, 0) is 46.1 Å². The molecule has 2 aromatic rings. The minimum absolute atomic E-state index is 0.0252. The third-order valence-electron chi connectivity index (χ3n) is 3.13. The van der Waals surface area contributed by atoms with Crippen LogP contribution in [0.3, 0.4) is 0 Å². The highest BCUT2D eigenvalue weighted by Crippen LogP contribution is 2.27. The van der Waals surface area contributed by atoms with Crippen LogP contribution in [0.1, 0.15) is 17.2 Å². The lowest BCUT2D eigenvalue weighted by Gasteiger charge is -2.21. The molecule has 0 bridgehead atoms. The Balaban J connectivity index is 2.27. The lowest BCUT2D eigenvalue weighted by atomic mass is 10.1. The van der Waals surface area contributed by atoms with Gasteiger partial charge >= 0.3 is 0 Å². The van der Waals surface area contributed by atoms with E-state index in [-0.39, 0.29) is 11.9 Å². The highest BCUT2D eigenvalue weighted by Gasteiger charge is 2.13. The molecule has 0 radical (unpaired) electrons. The van der Waals surface area contributed by atoms with E-state index in [1.54, 1.807) is 13.2 Å². The molecule has 1 N–H and O–H groups in total. The van der Waals surface area contributed by atoms with Gasteiger partial charge in [0.25, 0.3) is 0 Å². The van der Waals surface area contributed by atoms with Gasteiger partial charge in [-0.1, -0.05) is 30.3 Å². The molecule has 0 aromatic heterocycles. The summed E-state index contributed by atoms with van der Waals surface area (Å²) in [6.07, 6.45) is 0. The number of rotatable bonds is 5. The summed E-state index contributed by atoms with van der Waals surface area (Å²) in [7, 11) is 1.67. The maximum atomic E-state index is 13.5. The number of anilines is 1. The monoisotopic (exact) mass is 337 g/mol. The Kier molecular flexibility index (Phi) is 5.15. The van der Waals surface area contributed by atoms with E-state index in [0.29, 0.717) is 11.1 Å². The maximum absolute atomic E-state index is 13.5. The number of methoxy groups -OCH3 is 1. The van der Waals surface area contributed by atoms with Crippen molar-refractivity contribution in [2.24, 2.45) is 0 Å². The van der Waals surface area contributed by atoms with Gasteiger partial charge in [-0.15, -0.1) is 0 Å². The van der Waals surface area contributed by atoms with Gasteiger partial charge in [0, 0.05) is 12.8 Å². The normalized spacial score (nSPS) is 12.2. The van der Waals surface area contributed by atoms with E-state index in [2.05, 4.69) is 21.2 Å². The quantitative estimate of drug-likeness (QED) is 0.854. The second-order valence-corrected chi connectivity index (χ2v) is 5.50. The number of benzene rings is 2. The number of hydrogen-bond acceptors (Lipinski definition) is 2. The summed E-state index contributed by atoms with van der Waals surface area (Å²) >= 11 is 3.22. The summed E-state index contributed by atoms with van der Waals surface area (Å²) < 4.78 is 19.2. The SMILES string of the molecule is COCC(Nc1cc(Br)c(F)cc1C)c1ccccc1. The zero-order chi connectivity index (χ0) is 14.5. The van der Waals surface area contributed by atoms with Crippen LogP contribution in [0.2, 0.25) is 0 Å². The van der Waals surface area contributed by atoms with Gasteiger partial charge in [0.1, 0.15) is 5.82 Å². The summed E-state index contributed by atoms with van der Waals surface area (Å²) in [6.45, 7) is 2.42. The van der Waals surface area contributed by atoms with E-state index in [4.69, 9.17) is 4.74 Å². The van der Waals surface area contributed by atoms with E-state index < -0.39 is 0 Å². The molecule has 0 fully saturated rings. The lowest BCUT2D eigenvalue weighted by Crippen LogP contribution is -2.17. The van der Waals surface area contributed by atoms with E-state index in [1.807, 2.05) is 37.3 Å². The molecule has 1 atom stereocenters. The highest BCUT2D eigenvalue weighted by molar-refractivity contribution is 9.10. The Morgan fingerprint density at radius 1 is 1.25 bits per heavy atom. The molecule has 0 spiro atoms. The average molecular weight is 338 g/mol. The Labute approximate surface area is 127 Å². The largest absolute Gasteiger partial charge is 0.382 e. The van der Waals surface area contributed by atoms with Crippen LogP contribution >= 0.6 is 15.9 Å². The summed E-state index contributed by atoms with van der Waals surface area (Å²) in [5.41, 5.74) is 2.89. The van der Waals surface area contributed by atoms with Crippen LogP contribution in [-0.4, -0.2) is 13.7 Å². The molecule has 0 heterocycles. The standard InChI is InChI=1S/C16H17BrFNO/c1-11-8-14(18)13(17)9-15(11)19-16(10-20-2)12-6-4-3-5-7-12/h3-9,16,19H,10H2,1-2H3. The number of hydrogen-bond donors (Lipinski definition) is 1. The first kappa shape index (κ1) is 15.0. The van der Waals surface area contributed by atoms with E-state index in [0.717, 1.165) is 16.8 Å². The van der Waals surface area contributed by atoms with Crippen molar-refractivity contribution in [3.05, 3.63) is 63.9 Å². The predicted molar refractivity (Wildman–Crippen MR) is 83.5 cm³/mol. The number of nitrogens with one attached hydrogen (secondary N) is 1. The van der Waals surface area contributed by atoms with Gasteiger partial charge < -0.3 is 10.1 Å². The van der Waals surface area contributed by atoms with Gasteiger partial charge in [0.2, 0.25) is 0 Å². The molecule has 0 saturated carbocycles. The van der Waals surface area contributed by atoms with Crippen LogP contribution in [0, 0.1) is 12.7 Å². The van der Waals surface area contributed by atoms with Gasteiger partial charge in [0.15, 0.2) is 0 Å². The molecular weight excluding hydrogens is 321 g/mol. The van der Waals surface area contributed by atoms with Crippen LogP contribution in [-0.2, 0) is 4.74 Å². The fraction of sp³-hybridized carbons (Fsp3) is 0.250. The smallest absolute Gasteiger partial charge is 0.137 e. The summed E-state index contributed by atoms with van der Waals surface area (Å²) in [5.74, 6) is -0.254. The van der Waals surface area contributed by atoms with Crippen molar-refractivity contribution >= 4 is 21.6 Å². The van der Waals surface area contributed by atoms with E-state index in [9.17, 15) is 4.39 Å². The third-order valence-corrected chi connectivity index (χ3v) is 3.74. The number of halogens is 2. The molecule has 4 heteroatoms.